The molecule has 0 bridgehead atoms. The first-order valence-corrected chi connectivity index (χ1v) is 6.92. The molecule has 8 heteroatoms. The largest absolute Gasteiger partial charge is 0.459 e. The van der Waals surface area contributed by atoms with Crippen molar-refractivity contribution in [1.29, 1.82) is 0 Å². The van der Waals surface area contributed by atoms with Gasteiger partial charge in [-0.3, -0.25) is 4.68 Å². The number of anilines is 1. The fraction of sp³-hybridized carbons (Fsp3) is 0.400. The molecule has 0 saturated carbocycles. The van der Waals surface area contributed by atoms with E-state index in [-0.39, 0.29) is 18.5 Å². The Morgan fingerprint density at radius 3 is 2.35 bits per heavy atom. The van der Waals surface area contributed by atoms with Crippen LogP contribution in [-0.2, 0) is 18.9 Å². The molecule has 1 heterocycles. The summed E-state index contributed by atoms with van der Waals surface area (Å²) in [7, 11) is 0. The Bertz CT molecular complexity index is 704. The second kappa shape index (κ2) is 5.82. The average molecular weight is 333 g/mol. The van der Waals surface area contributed by atoms with Gasteiger partial charge in [-0.1, -0.05) is 19.1 Å². The van der Waals surface area contributed by atoms with Crippen LogP contribution < -0.4 is 5.73 Å². The van der Waals surface area contributed by atoms with E-state index >= 15 is 0 Å². The molecular weight excluding hydrogens is 317 g/mol. The smallest absolute Gasteiger partial charge is 0.399 e. The fourth-order valence-corrected chi connectivity index (χ4v) is 2.22. The fourth-order valence-electron chi connectivity index (χ4n) is 2.22. The molecule has 0 aliphatic carbocycles. The summed E-state index contributed by atoms with van der Waals surface area (Å²) in [6.45, 7) is 3.37. The molecule has 1 aromatic heterocycles. The standard InChI is InChI=1S/C15H16F5N3/c1-3-11-8-23(7-10-4-5-12(21)9(2)6-10)22-13(11)14(16,17)15(18,19)20/h4-6,8H,3,7,21H2,1-2H3. The lowest BCUT2D eigenvalue weighted by Crippen LogP contribution is -2.35. The van der Waals surface area contributed by atoms with Gasteiger partial charge in [-0.15, -0.1) is 0 Å². The van der Waals surface area contributed by atoms with Crippen LogP contribution in [0.4, 0.5) is 27.6 Å². The number of hydrogen-bond donors (Lipinski definition) is 1. The second-order valence-corrected chi connectivity index (χ2v) is 5.32. The number of benzene rings is 1. The second-order valence-electron chi connectivity index (χ2n) is 5.32. The van der Waals surface area contributed by atoms with Crippen LogP contribution in [0.5, 0.6) is 0 Å². The van der Waals surface area contributed by atoms with Gasteiger partial charge in [-0.2, -0.15) is 27.1 Å². The van der Waals surface area contributed by atoms with Gasteiger partial charge < -0.3 is 5.73 Å². The number of aryl methyl sites for hydroxylation is 2. The Balaban J connectivity index is 2.37. The molecule has 1 aromatic carbocycles. The molecule has 0 aliphatic rings. The van der Waals surface area contributed by atoms with Crippen LogP contribution in [-0.4, -0.2) is 16.0 Å². The van der Waals surface area contributed by atoms with Crippen LogP contribution in [0, 0.1) is 6.92 Å². The summed E-state index contributed by atoms with van der Waals surface area (Å²) in [6, 6.07) is 5.07. The summed E-state index contributed by atoms with van der Waals surface area (Å²) >= 11 is 0. The van der Waals surface area contributed by atoms with Gasteiger partial charge >= 0.3 is 12.1 Å². The van der Waals surface area contributed by atoms with Gasteiger partial charge in [-0.05, 0) is 36.1 Å². The molecule has 0 amide bonds. The Morgan fingerprint density at radius 2 is 1.83 bits per heavy atom. The Labute approximate surface area is 129 Å². The van der Waals surface area contributed by atoms with Crippen LogP contribution in [0.1, 0.15) is 29.3 Å². The van der Waals surface area contributed by atoms with Crippen LogP contribution in [0.2, 0.25) is 0 Å². The molecule has 126 valence electrons. The maximum atomic E-state index is 13.6. The molecule has 0 aliphatic heterocycles. The first kappa shape index (κ1) is 17.2. The highest BCUT2D eigenvalue weighted by molar-refractivity contribution is 5.47. The van der Waals surface area contributed by atoms with E-state index in [4.69, 9.17) is 5.73 Å². The maximum Gasteiger partial charge on any atom is 0.459 e. The predicted molar refractivity (Wildman–Crippen MR) is 76.2 cm³/mol. The topological polar surface area (TPSA) is 43.8 Å². The molecule has 2 N–H and O–H groups in total. The van der Waals surface area contributed by atoms with E-state index in [1.54, 1.807) is 25.1 Å². The molecule has 0 saturated heterocycles. The zero-order valence-electron chi connectivity index (χ0n) is 12.6. The van der Waals surface area contributed by atoms with Crippen LogP contribution >= 0.6 is 0 Å². The summed E-state index contributed by atoms with van der Waals surface area (Å²) in [6.07, 6.45) is -4.42. The van der Waals surface area contributed by atoms with Crippen molar-refractivity contribution in [3.05, 3.63) is 46.8 Å². The van der Waals surface area contributed by atoms with E-state index < -0.39 is 17.8 Å². The van der Waals surface area contributed by atoms with Gasteiger partial charge in [0.25, 0.3) is 0 Å². The summed E-state index contributed by atoms with van der Waals surface area (Å²) < 4.78 is 65.9. The van der Waals surface area contributed by atoms with Crippen LogP contribution in [0.25, 0.3) is 0 Å². The first-order chi connectivity index (χ1) is 10.6. The molecule has 0 atom stereocenters. The number of halogens is 5. The normalized spacial score (nSPS) is 12.7. The van der Waals surface area contributed by atoms with E-state index in [0.717, 1.165) is 10.2 Å². The van der Waals surface area contributed by atoms with Crippen molar-refractivity contribution in [1.82, 2.24) is 9.78 Å². The van der Waals surface area contributed by atoms with E-state index in [0.29, 0.717) is 11.3 Å². The SMILES string of the molecule is CCc1cn(Cc2ccc(N)c(C)c2)nc1C(F)(F)C(F)(F)F. The average Bonchev–Trinajstić information content (AvgIpc) is 2.85. The number of rotatable bonds is 4. The highest BCUT2D eigenvalue weighted by atomic mass is 19.4. The van der Waals surface area contributed by atoms with Gasteiger partial charge in [0, 0.05) is 11.9 Å². The number of hydrogen-bond acceptors (Lipinski definition) is 2. The van der Waals surface area contributed by atoms with Gasteiger partial charge in [-0.25, -0.2) is 0 Å². The predicted octanol–water partition coefficient (Wildman–Crippen LogP) is 4.04. The van der Waals surface area contributed by atoms with Crippen molar-refractivity contribution in [2.24, 2.45) is 0 Å². The minimum atomic E-state index is -5.67. The molecule has 0 fully saturated rings. The Kier molecular flexibility index (Phi) is 4.37. The lowest BCUT2D eigenvalue weighted by Gasteiger charge is -2.18. The van der Waals surface area contributed by atoms with Crippen molar-refractivity contribution in [3.63, 3.8) is 0 Å². The lowest BCUT2D eigenvalue weighted by atomic mass is 10.1. The monoisotopic (exact) mass is 333 g/mol. The summed E-state index contributed by atoms with van der Waals surface area (Å²) in [5.41, 5.74) is 6.41. The first-order valence-electron chi connectivity index (χ1n) is 6.92. The highest BCUT2D eigenvalue weighted by Gasteiger charge is 2.61. The number of alkyl halides is 5. The van der Waals surface area contributed by atoms with E-state index in [1.807, 2.05) is 0 Å². The summed E-state index contributed by atoms with van der Waals surface area (Å²) in [5, 5.41) is 3.48. The number of nitrogens with two attached hydrogens (primary N) is 1. The van der Waals surface area contributed by atoms with Crippen molar-refractivity contribution in [2.45, 2.75) is 38.9 Å². The van der Waals surface area contributed by atoms with E-state index in [1.165, 1.54) is 13.1 Å². The van der Waals surface area contributed by atoms with Crippen LogP contribution in [0.15, 0.2) is 24.4 Å². The van der Waals surface area contributed by atoms with Gasteiger partial charge in [0.1, 0.15) is 5.69 Å². The third-order valence-electron chi connectivity index (χ3n) is 3.55. The van der Waals surface area contributed by atoms with Crippen LogP contribution in [0.3, 0.4) is 0 Å². The third-order valence-corrected chi connectivity index (χ3v) is 3.55. The quantitative estimate of drug-likeness (QED) is 0.678. The zero-order chi connectivity index (χ0) is 17.4. The number of nitrogens with zero attached hydrogens (tertiary/aromatic N) is 2. The molecule has 2 rings (SSSR count). The molecule has 3 nitrogen and oxygen atoms in total. The minimum absolute atomic E-state index is 0.0295. The van der Waals surface area contributed by atoms with Gasteiger partial charge in [0.05, 0.1) is 6.54 Å². The summed E-state index contributed by atoms with van der Waals surface area (Å²) in [4.78, 5) is 0. The highest BCUT2D eigenvalue weighted by Crippen LogP contribution is 2.44. The molecule has 2 aromatic rings. The van der Waals surface area contributed by atoms with Crippen molar-refractivity contribution in [3.8, 4) is 0 Å². The Morgan fingerprint density at radius 1 is 1.17 bits per heavy atom. The van der Waals surface area contributed by atoms with E-state index in [2.05, 4.69) is 5.10 Å². The Hall–Kier alpha value is -2.12. The van der Waals surface area contributed by atoms with Crippen molar-refractivity contribution < 1.29 is 22.0 Å². The molecule has 23 heavy (non-hydrogen) atoms. The minimum Gasteiger partial charge on any atom is -0.399 e. The van der Waals surface area contributed by atoms with Gasteiger partial charge in [0.15, 0.2) is 0 Å². The number of aromatic nitrogens is 2. The molecule has 0 spiro atoms. The van der Waals surface area contributed by atoms with E-state index in [9.17, 15) is 22.0 Å². The maximum absolute atomic E-state index is 13.6. The lowest BCUT2D eigenvalue weighted by molar-refractivity contribution is -0.291. The summed E-state index contributed by atoms with van der Waals surface area (Å²) in [5.74, 6) is -4.97. The molecule has 0 unspecified atom stereocenters. The number of nitrogen functional groups attached to an aromatic ring is 1. The van der Waals surface area contributed by atoms with Gasteiger partial charge in [0.2, 0.25) is 0 Å². The zero-order valence-corrected chi connectivity index (χ0v) is 12.6. The third kappa shape index (κ3) is 3.30. The molecular formula is C15H16F5N3. The molecule has 0 radical (unpaired) electrons. The van der Waals surface area contributed by atoms with Crippen molar-refractivity contribution >= 4 is 5.69 Å². The van der Waals surface area contributed by atoms with Crippen molar-refractivity contribution in [2.75, 3.05) is 5.73 Å².